The molecule has 2 aromatic carbocycles. The Bertz CT molecular complexity index is 679. The minimum Gasteiger partial charge on any atom is -0.481 e. The Balaban J connectivity index is 1.55. The molecule has 0 N–H and O–H groups in total. The number of para-hydroxylation sites is 1. The van der Waals surface area contributed by atoms with E-state index in [0.717, 1.165) is 37.5 Å². The molecule has 0 radical (unpaired) electrons. The van der Waals surface area contributed by atoms with Gasteiger partial charge in [0.05, 0.1) is 0 Å². The summed E-state index contributed by atoms with van der Waals surface area (Å²) >= 11 is 0. The molecule has 0 saturated carbocycles. The van der Waals surface area contributed by atoms with Gasteiger partial charge < -0.3 is 14.5 Å². The van der Waals surface area contributed by atoms with Crippen molar-refractivity contribution in [3.05, 3.63) is 60.2 Å². The molecule has 0 unspecified atom stereocenters. The third-order valence-electron chi connectivity index (χ3n) is 4.36. The summed E-state index contributed by atoms with van der Waals surface area (Å²) in [5.74, 6) is 0.808. The van der Waals surface area contributed by atoms with Gasteiger partial charge in [0, 0.05) is 31.9 Å². The lowest BCUT2D eigenvalue weighted by molar-refractivity contribution is -0.138. The van der Waals surface area contributed by atoms with Crippen LogP contribution < -0.4 is 9.64 Å². The lowest BCUT2D eigenvalue weighted by Gasteiger charge is -2.37. The first kappa shape index (κ1) is 16.4. The number of carbonyl (C=O) groups is 1. The Labute approximate surface area is 143 Å². The van der Waals surface area contributed by atoms with Crippen LogP contribution in [0.4, 0.5) is 5.69 Å². The predicted octanol–water partition coefficient (Wildman–Crippen LogP) is 3.11. The summed E-state index contributed by atoms with van der Waals surface area (Å²) in [6.45, 7) is 7.01. The van der Waals surface area contributed by atoms with Crippen LogP contribution in [0.3, 0.4) is 0 Å². The van der Waals surface area contributed by atoms with Gasteiger partial charge in [-0.15, -0.1) is 0 Å². The van der Waals surface area contributed by atoms with Crippen LogP contribution in [0.15, 0.2) is 54.6 Å². The van der Waals surface area contributed by atoms with Gasteiger partial charge in [-0.2, -0.15) is 0 Å². The maximum atomic E-state index is 12.6. The van der Waals surface area contributed by atoms with Crippen molar-refractivity contribution in [3.63, 3.8) is 0 Å². The first-order chi connectivity index (χ1) is 11.6. The Morgan fingerprint density at radius 3 is 2.38 bits per heavy atom. The number of benzene rings is 2. The van der Waals surface area contributed by atoms with Crippen molar-refractivity contribution in [2.75, 3.05) is 31.1 Å². The van der Waals surface area contributed by atoms with Gasteiger partial charge in [-0.3, -0.25) is 4.79 Å². The fourth-order valence-corrected chi connectivity index (χ4v) is 3.02. The number of anilines is 1. The van der Waals surface area contributed by atoms with E-state index in [1.54, 1.807) is 0 Å². The molecular weight excluding hydrogens is 300 g/mol. The lowest BCUT2D eigenvalue weighted by Crippen LogP contribution is -2.52. The minimum absolute atomic E-state index is 0.0595. The second kappa shape index (κ2) is 7.39. The molecule has 0 aromatic heterocycles. The topological polar surface area (TPSA) is 32.8 Å². The number of piperazine rings is 1. The van der Waals surface area contributed by atoms with Gasteiger partial charge in [0.2, 0.25) is 0 Å². The van der Waals surface area contributed by atoms with Crippen LogP contribution in [-0.2, 0) is 4.79 Å². The number of ether oxygens (including phenoxy) is 1. The summed E-state index contributed by atoms with van der Waals surface area (Å²) in [4.78, 5) is 16.8. The molecule has 4 heteroatoms. The number of amides is 1. The van der Waals surface area contributed by atoms with Gasteiger partial charge in [0.1, 0.15) is 5.75 Å². The number of rotatable bonds is 4. The average Bonchev–Trinajstić information content (AvgIpc) is 2.62. The predicted molar refractivity (Wildman–Crippen MR) is 96.5 cm³/mol. The van der Waals surface area contributed by atoms with E-state index in [4.69, 9.17) is 4.74 Å². The number of carbonyl (C=O) groups excluding carboxylic acids is 1. The third-order valence-corrected chi connectivity index (χ3v) is 4.36. The molecule has 126 valence electrons. The maximum absolute atomic E-state index is 12.6. The molecule has 4 nitrogen and oxygen atoms in total. The molecule has 2 aromatic rings. The van der Waals surface area contributed by atoms with E-state index in [9.17, 15) is 4.79 Å². The Morgan fingerprint density at radius 2 is 1.71 bits per heavy atom. The first-order valence-electron chi connectivity index (χ1n) is 8.45. The monoisotopic (exact) mass is 324 g/mol. The summed E-state index contributed by atoms with van der Waals surface area (Å²) in [6, 6.07) is 18.1. The van der Waals surface area contributed by atoms with E-state index in [-0.39, 0.29) is 5.91 Å². The highest BCUT2D eigenvalue weighted by atomic mass is 16.5. The fraction of sp³-hybridized carbons (Fsp3) is 0.350. The van der Waals surface area contributed by atoms with Gasteiger partial charge in [-0.1, -0.05) is 30.3 Å². The third kappa shape index (κ3) is 3.88. The number of aryl methyl sites for hydroxylation is 1. The zero-order valence-corrected chi connectivity index (χ0v) is 14.3. The van der Waals surface area contributed by atoms with Crippen molar-refractivity contribution in [1.82, 2.24) is 4.90 Å². The molecule has 24 heavy (non-hydrogen) atoms. The van der Waals surface area contributed by atoms with Crippen molar-refractivity contribution >= 4 is 11.6 Å². The average molecular weight is 324 g/mol. The van der Waals surface area contributed by atoms with E-state index in [2.05, 4.69) is 17.0 Å². The molecule has 0 aliphatic carbocycles. The normalized spacial score (nSPS) is 15.9. The molecular formula is C20H24N2O2. The van der Waals surface area contributed by atoms with Crippen molar-refractivity contribution < 1.29 is 9.53 Å². The Hall–Kier alpha value is -2.49. The van der Waals surface area contributed by atoms with Gasteiger partial charge >= 0.3 is 0 Å². The van der Waals surface area contributed by atoms with Crippen LogP contribution in [0, 0.1) is 6.92 Å². The van der Waals surface area contributed by atoms with Crippen molar-refractivity contribution in [1.29, 1.82) is 0 Å². The molecule has 3 rings (SSSR count). The van der Waals surface area contributed by atoms with Gasteiger partial charge in [-0.25, -0.2) is 0 Å². The summed E-state index contributed by atoms with van der Waals surface area (Å²) in [7, 11) is 0. The summed E-state index contributed by atoms with van der Waals surface area (Å²) in [5.41, 5.74) is 2.34. The van der Waals surface area contributed by atoms with Gasteiger partial charge in [-0.05, 0) is 43.7 Å². The molecule has 1 atom stereocenters. The zero-order chi connectivity index (χ0) is 16.9. The maximum Gasteiger partial charge on any atom is 0.263 e. The van der Waals surface area contributed by atoms with Crippen LogP contribution in [0.1, 0.15) is 12.5 Å². The highest BCUT2D eigenvalue weighted by molar-refractivity contribution is 5.81. The van der Waals surface area contributed by atoms with E-state index in [1.165, 1.54) is 5.69 Å². The summed E-state index contributed by atoms with van der Waals surface area (Å²) in [6.07, 6.45) is -0.463. The second-order valence-electron chi connectivity index (χ2n) is 6.22. The van der Waals surface area contributed by atoms with E-state index < -0.39 is 6.10 Å². The molecule has 1 aliphatic rings. The van der Waals surface area contributed by atoms with E-state index in [0.29, 0.717) is 0 Å². The van der Waals surface area contributed by atoms with Crippen molar-refractivity contribution in [3.8, 4) is 5.75 Å². The number of nitrogens with zero attached hydrogens (tertiary/aromatic N) is 2. The largest absolute Gasteiger partial charge is 0.481 e. The van der Waals surface area contributed by atoms with Gasteiger partial charge in [0.25, 0.3) is 5.91 Å². The molecule has 1 aliphatic heterocycles. The molecule has 0 spiro atoms. The minimum atomic E-state index is -0.463. The van der Waals surface area contributed by atoms with Crippen molar-refractivity contribution in [2.45, 2.75) is 20.0 Å². The quantitative estimate of drug-likeness (QED) is 0.866. The highest BCUT2D eigenvalue weighted by Crippen LogP contribution is 2.18. The molecule has 1 amide bonds. The smallest absolute Gasteiger partial charge is 0.263 e. The van der Waals surface area contributed by atoms with E-state index in [1.807, 2.05) is 61.2 Å². The molecule has 1 fully saturated rings. The Morgan fingerprint density at radius 1 is 1.00 bits per heavy atom. The van der Waals surface area contributed by atoms with E-state index >= 15 is 0 Å². The fourth-order valence-electron chi connectivity index (χ4n) is 3.02. The summed E-state index contributed by atoms with van der Waals surface area (Å²) in [5, 5.41) is 0. The van der Waals surface area contributed by atoms with Crippen LogP contribution in [-0.4, -0.2) is 43.1 Å². The standard InChI is InChI=1S/C20H24N2O2/c1-16-7-6-10-19(15-16)24-17(2)20(23)22-13-11-21(12-14-22)18-8-4-3-5-9-18/h3-10,15,17H,11-14H2,1-2H3/t17-/m0/s1. The summed E-state index contributed by atoms with van der Waals surface area (Å²) < 4.78 is 5.82. The molecule has 0 bridgehead atoms. The molecule has 1 heterocycles. The Kier molecular flexibility index (Phi) is 5.04. The number of hydrogen-bond donors (Lipinski definition) is 0. The molecule has 1 saturated heterocycles. The van der Waals surface area contributed by atoms with Gasteiger partial charge in [0.15, 0.2) is 6.10 Å². The lowest BCUT2D eigenvalue weighted by atomic mass is 10.2. The number of hydrogen-bond acceptors (Lipinski definition) is 3. The van der Waals surface area contributed by atoms with Crippen molar-refractivity contribution in [2.24, 2.45) is 0 Å². The van der Waals surface area contributed by atoms with Crippen LogP contribution in [0.5, 0.6) is 5.75 Å². The van der Waals surface area contributed by atoms with Crippen LogP contribution >= 0.6 is 0 Å². The SMILES string of the molecule is Cc1cccc(O[C@@H](C)C(=O)N2CCN(c3ccccc3)CC2)c1. The van der Waals surface area contributed by atoms with Crippen LogP contribution in [0.2, 0.25) is 0 Å². The first-order valence-corrected chi connectivity index (χ1v) is 8.45. The second-order valence-corrected chi connectivity index (χ2v) is 6.22. The zero-order valence-electron chi connectivity index (χ0n) is 14.3. The highest BCUT2D eigenvalue weighted by Gasteiger charge is 2.26. The van der Waals surface area contributed by atoms with Crippen LogP contribution in [0.25, 0.3) is 0 Å².